The molecule has 0 saturated heterocycles. The van der Waals surface area contributed by atoms with Crippen molar-refractivity contribution < 1.29 is 0 Å². The fraction of sp³-hybridized carbons (Fsp3) is 0.529. The molecule has 0 fully saturated rings. The van der Waals surface area contributed by atoms with Crippen LogP contribution in [0.15, 0.2) is 43.0 Å². The molecule has 0 heterocycles. The summed E-state index contributed by atoms with van der Waals surface area (Å²) in [4.78, 5) is 0. The van der Waals surface area contributed by atoms with Crippen LogP contribution in [0.3, 0.4) is 0 Å². The lowest BCUT2D eigenvalue weighted by Crippen LogP contribution is -1.94. The fourth-order valence-corrected chi connectivity index (χ4v) is 2.27. The molecule has 0 aliphatic carbocycles. The molecule has 0 aliphatic rings. The van der Waals surface area contributed by atoms with E-state index in [4.69, 9.17) is 0 Å². The third kappa shape index (κ3) is 5.72. The Labute approximate surface area is 107 Å². The molecule has 0 N–H and O–H groups in total. The first-order chi connectivity index (χ1) is 8.38. The predicted octanol–water partition coefficient (Wildman–Crippen LogP) is 5.71. The zero-order chi connectivity index (χ0) is 12.3. The van der Waals surface area contributed by atoms with Crippen LogP contribution in [0.4, 0.5) is 0 Å². The van der Waals surface area contributed by atoms with Gasteiger partial charge >= 0.3 is 0 Å². The molecule has 0 amide bonds. The Morgan fingerprint density at radius 1 is 1.00 bits per heavy atom. The van der Waals surface area contributed by atoms with Gasteiger partial charge in [0.25, 0.3) is 0 Å². The Hall–Kier alpha value is -1.04. The van der Waals surface area contributed by atoms with Crippen molar-refractivity contribution in [1.29, 1.82) is 0 Å². The van der Waals surface area contributed by atoms with E-state index in [1.165, 1.54) is 50.5 Å². The van der Waals surface area contributed by atoms with E-state index in [1.807, 2.05) is 0 Å². The van der Waals surface area contributed by atoms with Gasteiger partial charge in [-0.3, -0.25) is 0 Å². The van der Waals surface area contributed by atoms with Crippen molar-refractivity contribution in [3.63, 3.8) is 0 Å². The van der Waals surface area contributed by atoms with Gasteiger partial charge in [0.2, 0.25) is 0 Å². The first kappa shape index (κ1) is 14.0. The summed E-state index contributed by atoms with van der Waals surface area (Å²) in [5.74, 6) is 0.544. The first-order valence-electron chi connectivity index (χ1n) is 7.06. The average Bonchev–Trinajstić information content (AvgIpc) is 2.39. The van der Waals surface area contributed by atoms with Gasteiger partial charge < -0.3 is 0 Å². The van der Waals surface area contributed by atoms with Crippen molar-refractivity contribution in [3.8, 4) is 0 Å². The largest absolute Gasteiger partial charge is 0.102 e. The van der Waals surface area contributed by atoms with E-state index >= 15 is 0 Å². The minimum absolute atomic E-state index is 0.544. The lowest BCUT2D eigenvalue weighted by atomic mass is 9.93. The molecule has 0 spiro atoms. The molecule has 1 atom stereocenters. The lowest BCUT2D eigenvalue weighted by Gasteiger charge is -2.12. The second-order valence-corrected chi connectivity index (χ2v) is 4.81. The monoisotopic (exact) mass is 230 g/mol. The Balaban J connectivity index is 2.22. The summed E-state index contributed by atoms with van der Waals surface area (Å²) in [7, 11) is 0. The van der Waals surface area contributed by atoms with Crippen molar-refractivity contribution in [2.75, 3.05) is 0 Å². The minimum atomic E-state index is 0.544. The number of rotatable bonds is 9. The molecule has 0 heteroatoms. The quantitative estimate of drug-likeness (QED) is 0.376. The van der Waals surface area contributed by atoms with Gasteiger partial charge in [0.1, 0.15) is 0 Å². The number of allylic oxidation sites excluding steroid dienone is 1. The van der Waals surface area contributed by atoms with E-state index < -0.39 is 0 Å². The molecule has 0 nitrogen and oxygen atoms in total. The van der Waals surface area contributed by atoms with Gasteiger partial charge in [0, 0.05) is 5.92 Å². The standard InChI is InChI=1S/C17H26/c1-3-5-6-7-8-10-13-16(4-2)17-14-11-9-12-15-17/h4,9,11-12,14-16H,2-3,5-8,10,13H2,1H3. The van der Waals surface area contributed by atoms with Crippen LogP contribution >= 0.6 is 0 Å². The van der Waals surface area contributed by atoms with E-state index in [-0.39, 0.29) is 0 Å². The summed E-state index contributed by atoms with van der Waals surface area (Å²) in [6.45, 7) is 6.23. The SMILES string of the molecule is C=CC(CCCCCCCC)c1ccccc1. The van der Waals surface area contributed by atoms with Crippen LogP contribution in [0.25, 0.3) is 0 Å². The molecule has 1 aromatic carbocycles. The van der Waals surface area contributed by atoms with Crippen molar-refractivity contribution in [2.24, 2.45) is 0 Å². The Morgan fingerprint density at radius 2 is 1.65 bits per heavy atom. The summed E-state index contributed by atoms with van der Waals surface area (Å²) in [5.41, 5.74) is 1.41. The number of benzene rings is 1. The molecule has 0 saturated carbocycles. The van der Waals surface area contributed by atoms with Gasteiger partial charge in [0.05, 0.1) is 0 Å². The van der Waals surface area contributed by atoms with Crippen LogP contribution in [-0.2, 0) is 0 Å². The highest BCUT2D eigenvalue weighted by atomic mass is 14.1. The Bertz CT molecular complexity index is 286. The van der Waals surface area contributed by atoms with Crippen LogP contribution in [0, 0.1) is 0 Å². The van der Waals surface area contributed by atoms with Crippen LogP contribution in [0.5, 0.6) is 0 Å². The van der Waals surface area contributed by atoms with Gasteiger partial charge in [-0.2, -0.15) is 0 Å². The van der Waals surface area contributed by atoms with E-state index in [2.05, 4.69) is 49.9 Å². The van der Waals surface area contributed by atoms with Gasteiger partial charge in [-0.05, 0) is 12.0 Å². The maximum absolute atomic E-state index is 3.97. The zero-order valence-corrected chi connectivity index (χ0v) is 11.2. The maximum Gasteiger partial charge on any atom is 0.00152 e. The van der Waals surface area contributed by atoms with Crippen LogP contribution in [0.1, 0.15) is 63.4 Å². The third-order valence-corrected chi connectivity index (χ3v) is 3.38. The van der Waals surface area contributed by atoms with E-state index in [0.29, 0.717) is 5.92 Å². The summed E-state index contributed by atoms with van der Waals surface area (Å²) < 4.78 is 0. The fourth-order valence-electron chi connectivity index (χ4n) is 2.27. The van der Waals surface area contributed by atoms with E-state index in [1.54, 1.807) is 0 Å². The topological polar surface area (TPSA) is 0 Å². The number of hydrogen-bond donors (Lipinski definition) is 0. The van der Waals surface area contributed by atoms with Crippen molar-refractivity contribution in [2.45, 2.75) is 57.8 Å². The summed E-state index contributed by atoms with van der Waals surface area (Å²) in [5, 5.41) is 0. The van der Waals surface area contributed by atoms with E-state index in [9.17, 15) is 0 Å². The van der Waals surface area contributed by atoms with Gasteiger partial charge in [-0.25, -0.2) is 0 Å². The summed E-state index contributed by atoms with van der Waals surface area (Å²) in [6, 6.07) is 10.7. The molecule has 0 radical (unpaired) electrons. The second kappa shape index (κ2) is 9.04. The molecule has 94 valence electrons. The van der Waals surface area contributed by atoms with Crippen LogP contribution in [-0.4, -0.2) is 0 Å². The highest BCUT2D eigenvalue weighted by Gasteiger charge is 2.05. The van der Waals surface area contributed by atoms with Crippen molar-refractivity contribution in [1.82, 2.24) is 0 Å². The third-order valence-electron chi connectivity index (χ3n) is 3.38. The molecule has 1 rings (SSSR count). The molecule has 1 unspecified atom stereocenters. The smallest absolute Gasteiger partial charge is 0.00152 e. The number of unbranched alkanes of at least 4 members (excludes halogenated alkanes) is 5. The minimum Gasteiger partial charge on any atom is -0.102 e. The van der Waals surface area contributed by atoms with E-state index in [0.717, 1.165) is 0 Å². The number of hydrogen-bond acceptors (Lipinski definition) is 0. The maximum atomic E-state index is 3.97. The molecule has 0 bridgehead atoms. The summed E-state index contributed by atoms with van der Waals surface area (Å²) in [6.07, 6.45) is 11.6. The van der Waals surface area contributed by atoms with Gasteiger partial charge in [-0.1, -0.05) is 81.9 Å². The Morgan fingerprint density at radius 3 is 2.29 bits per heavy atom. The molecule has 1 aromatic rings. The molecule has 0 aromatic heterocycles. The normalized spacial score (nSPS) is 12.3. The zero-order valence-electron chi connectivity index (χ0n) is 11.2. The summed E-state index contributed by atoms with van der Waals surface area (Å²) >= 11 is 0. The van der Waals surface area contributed by atoms with Crippen molar-refractivity contribution >= 4 is 0 Å². The van der Waals surface area contributed by atoms with Crippen LogP contribution in [0.2, 0.25) is 0 Å². The van der Waals surface area contributed by atoms with Gasteiger partial charge in [-0.15, -0.1) is 6.58 Å². The highest BCUT2D eigenvalue weighted by Crippen LogP contribution is 2.23. The molecule has 17 heavy (non-hydrogen) atoms. The molecular weight excluding hydrogens is 204 g/mol. The highest BCUT2D eigenvalue weighted by molar-refractivity contribution is 5.22. The molecular formula is C17H26. The van der Waals surface area contributed by atoms with Crippen LogP contribution < -0.4 is 0 Å². The van der Waals surface area contributed by atoms with Crippen molar-refractivity contribution in [3.05, 3.63) is 48.6 Å². The lowest BCUT2D eigenvalue weighted by molar-refractivity contribution is 0.573. The average molecular weight is 230 g/mol. The Kier molecular flexibility index (Phi) is 7.46. The molecule has 0 aliphatic heterocycles. The second-order valence-electron chi connectivity index (χ2n) is 4.81. The first-order valence-corrected chi connectivity index (χ1v) is 7.06. The van der Waals surface area contributed by atoms with Gasteiger partial charge in [0.15, 0.2) is 0 Å². The predicted molar refractivity (Wildman–Crippen MR) is 77.4 cm³/mol.